The van der Waals surface area contributed by atoms with E-state index in [2.05, 4.69) is 20.1 Å². The quantitative estimate of drug-likeness (QED) is 0.445. The molecule has 1 aromatic carbocycles. The molecule has 1 N–H and O–H groups in total. The van der Waals surface area contributed by atoms with Crippen LogP contribution < -0.4 is 4.74 Å². The Hall–Kier alpha value is -3.88. The molecule has 6 nitrogen and oxygen atoms in total. The summed E-state index contributed by atoms with van der Waals surface area (Å²) in [5.41, 5.74) is 1.76. The third kappa shape index (κ3) is 3.17. The Bertz CT molecular complexity index is 1380. The van der Waals surface area contributed by atoms with E-state index in [1.165, 1.54) is 6.08 Å². The minimum atomic E-state index is -4.28. The number of aromatic amines is 1. The Kier molecular flexibility index (Phi) is 4.01. The summed E-state index contributed by atoms with van der Waals surface area (Å²) in [4.78, 5) is 11.8. The topological polar surface area (TPSA) is 76.8 Å². The number of nitrogens with one attached hydrogen (secondary N) is 1. The first kappa shape index (κ1) is 18.9. The summed E-state index contributed by atoms with van der Waals surface area (Å²) in [5, 5.41) is 4.94. The average molecular weight is 436 g/mol. The SMILES string of the molecule is FC(F)(F)C1=CC=C(Oc2ccc(-c3noc(-c4c[nH]c5ncccc45)n3)cc2)C2CC12. The van der Waals surface area contributed by atoms with Gasteiger partial charge in [0.2, 0.25) is 5.82 Å². The number of ether oxygens (including phenoxy) is 1. The number of rotatable bonds is 4. The van der Waals surface area contributed by atoms with E-state index in [-0.39, 0.29) is 5.92 Å². The zero-order chi connectivity index (χ0) is 21.9. The monoisotopic (exact) mass is 436 g/mol. The average Bonchev–Trinajstić information content (AvgIpc) is 3.24. The fraction of sp³-hybridized carbons (Fsp3) is 0.174. The van der Waals surface area contributed by atoms with Crippen molar-refractivity contribution in [2.24, 2.45) is 11.8 Å². The van der Waals surface area contributed by atoms with Gasteiger partial charge in [0.05, 0.1) is 5.56 Å². The molecule has 4 aromatic rings. The number of H-pyrrole nitrogens is 1. The van der Waals surface area contributed by atoms with Crippen molar-refractivity contribution in [3.8, 4) is 28.6 Å². The molecule has 2 aliphatic carbocycles. The van der Waals surface area contributed by atoms with Crippen LogP contribution in [-0.4, -0.2) is 26.3 Å². The van der Waals surface area contributed by atoms with Gasteiger partial charge >= 0.3 is 6.18 Å². The first-order chi connectivity index (χ1) is 15.5. The Morgan fingerprint density at radius 3 is 2.72 bits per heavy atom. The lowest BCUT2D eigenvalue weighted by Crippen LogP contribution is -2.17. The zero-order valence-corrected chi connectivity index (χ0v) is 16.4. The van der Waals surface area contributed by atoms with Crippen LogP contribution >= 0.6 is 0 Å². The van der Waals surface area contributed by atoms with Crippen molar-refractivity contribution in [3.05, 3.63) is 72.3 Å². The number of fused-ring (bicyclic) bond motifs is 2. The highest BCUT2D eigenvalue weighted by atomic mass is 19.4. The zero-order valence-electron chi connectivity index (χ0n) is 16.4. The summed E-state index contributed by atoms with van der Waals surface area (Å²) in [7, 11) is 0. The normalized spacial score (nSPS) is 20.0. The van der Waals surface area contributed by atoms with Gasteiger partial charge in [-0.05, 0) is 54.8 Å². The third-order valence-electron chi connectivity index (χ3n) is 5.77. The van der Waals surface area contributed by atoms with Crippen molar-refractivity contribution in [2.75, 3.05) is 0 Å². The molecule has 0 aliphatic heterocycles. The fourth-order valence-corrected chi connectivity index (χ4v) is 4.08. The molecule has 0 bridgehead atoms. The number of allylic oxidation sites excluding steroid dienone is 4. The molecule has 3 aromatic heterocycles. The maximum Gasteiger partial charge on any atom is 0.412 e. The Morgan fingerprint density at radius 1 is 1.06 bits per heavy atom. The molecule has 3 heterocycles. The van der Waals surface area contributed by atoms with Crippen LogP contribution in [0.25, 0.3) is 33.9 Å². The molecule has 0 radical (unpaired) electrons. The smallest absolute Gasteiger partial charge is 0.412 e. The summed E-state index contributed by atoms with van der Waals surface area (Å²) >= 11 is 0. The Balaban J connectivity index is 1.21. The first-order valence-electron chi connectivity index (χ1n) is 10.0. The van der Waals surface area contributed by atoms with Gasteiger partial charge in [-0.2, -0.15) is 18.2 Å². The second-order valence-corrected chi connectivity index (χ2v) is 7.79. The highest BCUT2D eigenvalue weighted by Crippen LogP contribution is 2.55. The number of aromatic nitrogens is 4. The lowest BCUT2D eigenvalue weighted by Gasteiger charge is -2.17. The second-order valence-electron chi connectivity index (χ2n) is 7.79. The number of hydrogen-bond acceptors (Lipinski definition) is 5. The van der Waals surface area contributed by atoms with Crippen molar-refractivity contribution in [3.63, 3.8) is 0 Å². The summed E-state index contributed by atoms with van der Waals surface area (Å²) in [6.07, 6.45) is 2.20. The Morgan fingerprint density at radius 2 is 1.91 bits per heavy atom. The van der Waals surface area contributed by atoms with E-state index < -0.39 is 17.7 Å². The van der Waals surface area contributed by atoms with Crippen LogP contribution in [0.5, 0.6) is 5.75 Å². The number of hydrogen-bond donors (Lipinski definition) is 1. The number of pyridine rings is 1. The van der Waals surface area contributed by atoms with E-state index >= 15 is 0 Å². The first-order valence-corrected chi connectivity index (χ1v) is 10.0. The molecule has 6 rings (SSSR count). The number of benzene rings is 1. The van der Waals surface area contributed by atoms with Crippen LogP contribution in [0.4, 0.5) is 13.2 Å². The van der Waals surface area contributed by atoms with E-state index in [9.17, 15) is 13.2 Å². The molecule has 9 heteroatoms. The minimum absolute atomic E-state index is 0.207. The molecular weight excluding hydrogens is 421 g/mol. The summed E-state index contributed by atoms with van der Waals surface area (Å²) in [6.45, 7) is 0. The molecule has 2 unspecified atom stereocenters. The van der Waals surface area contributed by atoms with Crippen molar-refractivity contribution in [2.45, 2.75) is 12.6 Å². The summed E-state index contributed by atoms with van der Waals surface area (Å²) < 4.78 is 50.2. The summed E-state index contributed by atoms with van der Waals surface area (Å²) in [6, 6.07) is 10.8. The standard InChI is InChI=1S/C23H15F3N4O2/c24-23(25,26)18-7-8-19(16-10-15(16)18)31-13-5-3-12(4-6-13)20-29-22(32-30-20)17-11-28-21-14(17)2-1-9-27-21/h1-9,11,15-16H,10H2,(H,27,28). The molecule has 0 amide bonds. The van der Waals surface area contributed by atoms with Crippen LogP contribution in [-0.2, 0) is 0 Å². The second kappa shape index (κ2) is 6.81. The maximum absolute atomic E-state index is 13.0. The van der Waals surface area contributed by atoms with Crippen LogP contribution in [0.15, 0.2) is 76.8 Å². The molecule has 32 heavy (non-hydrogen) atoms. The van der Waals surface area contributed by atoms with Crippen molar-refractivity contribution in [1.82, 2.24) is 20.1 Å². The van der Waals surface area contributed by atoms with Gasteiger partial charge < -0.3 is 14.2 Å². The predicted molar refractivity (Wildman–Crippen MR) is 109 cm³/mol. The number of alkyl halides is 3. The van der Waals surface area contributed by atoms with Crippen molar-refractivity contribution in [1.29, 1.82) is 0 Å². The third-order valence-corrected chi connectivity index (χ3v) is 5.77. The van der Waals surface area contributed by atoms with E-state index in [1.807, 2.05) is 12.1 Å². The van der Waals surface area contributed by atoms with Gasteiger partial charge in [0.1, 0.15) is 17.2 Å². The van der Waals surface area contributed by atoms with Gasteiger partial charge in [0, 0.05) is 34.8 Å². The van der Waals surface area contributed by atoms with Crippen molar-refractivity contribution >= 4 is 11.0 Å². The largest absolute Gasteiger partial charge is 0.461 e. The van der Waals surface area contributed by atoms with Crippen LogP contribution in [0.2, 0.25) is 0 Å². The number of nitrogens with zero attached hydrogens (tertiary/aromatic N) is 3. The molecule has 1 fully saturated rings. The lowest BCUT2D eigenvalue weighted by molar-refractivity contribution is -0.0960. The minimum Gasteiger partial charge on any atom is -0.461 e. The Labute approximate surface area is 179 Å². The molecule has 2 aliphatic rings. The molecular formula is C23H15F3N4O2. The van der Waals surface area contributed by atoms with Gasteiger partial charge in [0.25, 0.3) is 5.89 Å². The molecule has 2 atom stereocenters. The summed E-state index contributed by atoms with van der Waals surface area (Å²) in [5.74, 6) is 1.19. The van der Waals surface area contributed by atoms with Gasteiger partial charge in [-0.25, -0.2) is 4.98 Å². The van der Waals surface area contributed by atoms with Gasteiger partial charge in [-0.1, -0.05) is 11.2 Å². The molecule has 1 saturated carbocycles. The van der Waals surface area contributed by atoms with Gasteiger partial charge in [-0.3, -0.25) is 0 Å². The molecule has 0 saturated heterocycles. The molecule has 0 spiro atoms. The van der Waals surface area contributed by atoms with Crippen LogP contribution in [0, 0.1) is 11.8 Å². The van der Waals surface area contributed by atoms with E-state index in [4.69, 9.17) is 9.26 Å². The highest BCUT2D eigenvalue weighted by molar-refractivity contribution is 5.91. The number of halogens is 3. The van der Waals surface area contributed by atoms with Gasteiger partial charge in [0.15, 0.2) is 0 Å². The molecule has 160 valence electrons. The van der Waals surface area contributed by atoms with Crippen LogP contribution in [0.1, 0.15) is 6.42 Å². The maximum atomic E-state index is 13.0. The van der Waals surface area contributed by atoms with E-state index in [1.54, 1.807) is 36.7 Å². The van der Waals surface area contributed by atoms with E-state index in [0.29, 0.717) is 29.6 Å². The van der Waals surface area contributed by atoms with Crippen molar-refractivity contribution < 1.29 is 22.4 Å². The van der Waals surface area contributed by atoms with E-state index in [0.717, 1.165) is 28.2 Å². The highest BCUT2D eigenvalue weighted by Gasteiger charge is 2.53. The fourth-order valence-electron chi connectivity index (χ4n) is 4.08. The lowest BCUT2D eigenvalue weighted by atomic mass is 10.0. The van der Waals surface area contributed by atoms with Crippen LogP contribution in [0.3, 0.4) is 0 Å². The predicted octanol–water partition coefficient (Wildman–Crippen LogP) is 5.68. The van der Waals surface area contributed by atoms with Gasteiger partial charge in [-0.15, -0.1) is 0 Å².